The molecule has 0 saturated carbocycles. The number of carbonyl (C=O) groups excluding carboxylic acids is 2. The summed E-state index contributed by atoms with van der Waals surface area (Å²) in [6.45, 7) is 0. The zero-order valence-corrected chi connectivity index (χ0v) is 16.1. The average molecular weight is 388 g/mol. The highest BCUT2D eigenvalue weighted by Gasteiger charge is 2.20. The molecule has 3 rings (SSSR count). The minimum Gasteiger partial charge on any atom is -0.497 e. The van der Waals surface area contributed by atoms with Crippen LogP contribution in [0.15, 0.2) is 78.6 Å². The van der Waals surface area contributed by atoms with Crippen molar-refractivity contribution in [1.82, 2.24) is 4.98 Å². The van der Waals surface area contributed by atoms with Crippen LogP contribution in [0.5, 0.6) is 11.5 Å². The minimum absolute atomic E-state index is 0.00835. The van der Waals surface area contributed by atoms with Crippen molar-refractivity contribution in [2.75, 3.05) is 19.5 Å². The molecule has 0 atom stereocenters. The van der Waals surface area contributed by atoms with Gasteiger partial charge in [-0.05, 0) is 48.0 Å². The van der Waals surface area contributed by atoms with Gasteiger partial charge in [0.1, 0.15) is 11.5 Å². The number of Topliss-reactive ketones (excluding diaryl/α,β-unsaturated/α-hetero) is 1. The van der Waals surface area contributed by atoms with Crippen molar-refractivity contribution < 1.29 is 19.1 Å². The maximum atomic E-state index is 13.0. The summed E-state index contributed by atoms with van der Waals surface area (Å²) in [4.78, 5) is 29.9. The van der Waals surface area contributed by atoms with Gasteiger partial charge in [0, 0.05) is 29.7 Å². The Morgan fingerprint density at radius 1 is 0.931 bits per heavy atom. The van der Waals surface area contributed by atoms with E-state index in [-0.39, 0.29) is 5.57 Å². The van der Waals surface area contributed by atoms with Crippen molar-refractivity contribution in [3.05, 3.63) is 89.8 Å². The van der Waals surface area contributed by atoms with E-state index >= 15 is 0 Å². The van der Waals surface area contributed by atoms with Gasteiger partial charge in [-0.3, -0.25) is 14.6 Å². The zero-order valence-electron chi connectivity index (χ0n) is 16.1. The Kier molecular flexibility index (Phi) is 6.37. The quantitative estimate of drug-likeness (QED) is 0.286. The van der Waals surface area contributed by atoms with Crippen molar-refractivity contribution in [3.8, 4) is 11.5 Å². The number of nitrogens with one attached hydrogen (secondary N) is 1. The first-order valence-electron chi connectivity index (χ1n) is 8.86. The third kappa shape index (κ3) is 5.07. The lowest BCUT2D eigenvalue weighted by Gasteiger charge is -2.10. The van der Waals surface area contributed by atoms with Gasteiger partial charge in [-0.25, -0.2) is 0 Å². The van der Waals surface area contributed by atoms with Gasteiger partial charge in [-0.15, -0.1) is 0 Å². The van der Waals surface area contributed by atoms with E-state index in [2.05, 4.69) is 10.3 Å². The molecular formula is C23H20N2O4. The number of carbonyl (C=O) groups is 2. The molecule has 6 nitrogen and oxygen atoms in total. The molecule has 0 radical (unpaired) electrons. The lowest BCUT2D eigenvalue weighted by atomic mass is 10.0. The topological polar surface area (TPSA) is 77.5 Å². The van der Waals surface area contributed by atoms with Gasteiger partial charge >= 0.3 is 0 Å². The van der Waals surface area contributed by atoms with Gasteiger partial charge in [0.25, 0.3) is 5.91 Å². The highest BCUT2D eigenvalue weighted by molar-refractivity contribution is 6.31. The second-order valence-electron chi connectivity index (χ2n) is 6.09. The van der Waals surface area contributed by atoms with Crippen LogP contribution >= 0.6 is 0 Å². The van der Waals surface area contributed by atoms with Crippen molar-refractivity contribution in [2.24, 2.45) is 0 Å². The van der Waals surface area contributed by atoms with Crippen LogP contribution in [0, 0.1) is 0 Å². The molecule has 1 amide bonds. The monoisotopic (exact) mass is 388 g/mol. The van der Waals surface area contributed by atoms with Crippen LogP contribution in [0.25, 0.3) is 6.08 Å². The fourth-order valence-corrected chi connectivity index (χ4v) is 2.65. The Bertz CT molecular complexity index is 1030. The van der Waals surface area contributed by atoms with Crippen LogP contribution in [-0.2, 0) is 4.79 Å². The number of ether oxygens (including phenoxy) is 2. The van der Waals surface area contributed by atoms with Crippen LogP contribution in [0.2, 0.25) is 0 Å². The van der Waals surface area contributed by atoms with E-state index in [0.717, 1.165) is 0 Å². The summed E-state index contributed by atoms with van der Waals surface area (Å²) in [7, 11) is 3.12. The second-order valence-corrected chi connectivity index (χ2v) is 6.09. The Labute approximate surface area is 168 Å². The van der Waals surface area contributed by atoms with Gasteiger partial charge in [-0.2, -0.15) is 0 Å². The summed E-state index contributed by atoms with van der Waals surface area (Å²) >= 11 is 0. The maximum Gasteiger partial charge on any atom is 0.259 e. The van der Waals surface area contributed by atoms with Gasteiger partial charge in [-0.1, -0.05) is 18.2 Å². The lowest BCUT2D eigenvalue weighted by Crippen LogP contribution is -2.21. The molecule has 1 N–H and O–H groups in total. The Hall–Kier alpha value is -3.93. The van der Waals surface area contributed by atoms with E-state index in [1.807, 2.05) is 0 Å². The van der Waals surface area contributed by atoms with E-state index in [4.69, 9.17) is 9.47 Å². The first-order chi connectivity index (χ1) is 14.1. The van der Waals surface area contributed by atoms with E-state index in [9.17, 15) is 9.59 Å². The molecule has 0 aliphatic carbocycles. The molecule has 6 heteroatoms. The number of methoxy groups -OCH3 is 2. The van der Waals surface area contributed by atoms with Gasteiger partial charge in [0.05, 0.1) is 19.8 Å². The molecule has 2 aromatic carbocycles. The predicted octanol–water partition coefficient (Wildman–Crippen LogP) is 4.00. The summed E-state index contributed by atoms with van der Waals surface area (Å²) in [5.74, 6) is 0.336. The molecule has 0 unspecified atom stereocenters. The highest BCUT2D eigenvalue weighted by atomic mass is 16.5. The van der Waals surface area contributed by atoms with Crippen LogP contribution in [0.4, 0.5) is 5.69 Å². The Morgan fingerprint density at radius 2 is 1.69 bits per heavy atom. The molecule has 0 aliphatic rings. The van der Waals surface area contributed by atoms with Crippen LogP contribution in [0.1, 0.15) is 15.9 Å². The number of nitrogens with zero attached hydrogens (tertiary/aromatic N) is 1. The smallest absolute Gasteiger partial charge is 0.259 e. The molecule has 0 fully saturated rings. The summed E-state index contributed by atoms with van der Waals surface area (Å²) < 4.78 is 10.3. The number of rotatable bonds is 7. The molecule has 146 valence electrons. The van der Waals surface area contributed by atoms with E-state index in [1.165, 1.54) is 6.20 Å². The summed E-state index contributed by atoms with van der Waals surface area (Å²) in [5, 5.41) is 2.76. The highest BCUT2D eigenvalue weighted by Crippen LogP contribution is 2.20. The number of hydrogen-bond acceptors (Lipinski definition) is 5. The largest absolute Gasteiger partial charge is 0.497 e. The van der Waals surface area contributed by atoms with Crippen molar-refractivity contribution in [3.63, 3.8) is 0 Å². The summed E-state index contributed by atoms with van der Waals surface area (Å²) in [5.41, 5.74) is 1.53. The number of pyridine rings is 1. The molecule has 1 heterocycles. The third-order valence-electron chi connectivity index (χ3n) is 4.17. The number of ketones is 1. The van der Waals surface area contributed by atoms with Gasteiger partial charge in [0.15, 0.2) is 5.78 Å². The number of anilines is 1. The van der Waals surface area contributed by atoms with Crippen LogP contribution < -0.4 is 14.8 Å². The van der Waals surface area contributed by atoms with E-state index in [0.29, 0.717) is 28.3 Å². The normalized spacial score (nSPS) is 10.9. The zero-order chi connectivity index (χ0) is 20.6. The third-order valence-corrected chi connectivity index (χ3v) is 4.17. The van der Waals surface area contributed by atoms with E-state index in [1.54, 1.807) is 87.2 Å². The Balaban J connectivity index is 1.95. The van der Waals surface area contributed by atoms with Crippen molar-refractivity contribution >= 4 is 23.5 Å². The number of aromatic nitrogens is 1. The van der Waals surface area contributed by atoms with Crippen molar-refractivity contribution in [1.29, 1.82) is 0 Å². The molecule has 1 aromatic heterocycles. The number of benzene rings is 2. The van der Waals surface area contributed by atoms with E-state index < -0.39 is 11.7 Å². The maximum absolute atomic E-state index is 13.0. The predicted molar refractivity (Wildman–Crippen MR) is 111 cm³/mol. The first-order valence-corrected chi connectivity index (χ1v) is 8.86. The number of amides is 1. The molecular weight excluding hydrogens is 368 g/mol. The second kappa shape index (κ2) is 9.32. The number of hydrogen-bond donors (Lipinski definition) is 1. The SMILES string of the molecule is COc1ccc(/C=C(/C(=O)Nc2cccc(OC)c2)C(=O)c2cccnc2)cc1. The Morgan fingerprint density at radius 3 is 2.34 bits per heavy atom. The molecule has 0 bridgehead atoms. The van der Waals surface area contributed by atoms with Gasteiger partial charge < -0.3 is 14.8 Å². The fourth-order valence-electron chi connectivity index (χ4n) is 2.65. The molecule has 0 saturated heterocycles. The standard InChI is InChI=1S/C23H20N2O4/c1-28-19-10-8-16(9-11-19)13-21(22(26)17-5-4-12-24-15-17)23(27)25-18-6-3-7-20(14-18)29-2/h3-15H,1-2H3,(H,25,27)/b21-13+. The fraction of sp³-hybridized carbons (Fsp3) is 0.0870. The summed E-state index contributed by atoms with van der Waals surface area (Å²) in [6, 6.07) is 17.3. The molecule has 0 aliphatic heterocycles. The van der Waals surface area contributed by atoms with Crippen LogP contribution in [0.3, 0.4) is 0 Å². The van der Waals surface area contributed by atoms with Gasteiger partial charge in [0.2, 0.25) is 0 Å². The summed E-state index contributed by atoms with van der Waals surface area (Å²) in [6.07, 6.45) is 4.55. The molecule has 29 heavy (non-hydrogen) atoms. The average Bonchev–Trinajstić information content (AvgIpc) is 2.78. The van der Waals surface area contributed by atoms with Crippen molar-refractivity contribution in [2.45, 2.75) is 0 Å². The molecule has 3 aromatic rings. The van der Waals surface area contributed by atoms with Crippen LogP contribution in [-0.4, -0.2) is 30.9 Å². The lowest BCUT2D eigenvalue weighted by molar-refractivity contribution is -0.112. The molecule has 0 spiro atoms. The minimum atomic E-state index is -0.525. The first kappa shape index (κ1) is 19.8.